The molecule has 4 heteroatoms. The van der Waals surface area contributed by atoms with Gasteiger partial charge in [0, 0.05) is 31.6 Å². The molecule has 0 saturated heterocycles. The molecule has 1 aromatic heterocycles. The van der Waals surface area contributed by atoms with E-state index in [9.17, 15) is 0 Å². The summed E-state index contributed by atoms with van der Waals surface area (Å²) in [5.41, 5.74) is 2.26. The Bertz CT molecular complexity index is 493. The van der Waals surface area contributed by atoms with Gasteiger partial charge in [0.15, 0.2) is 0 Å². The van der Waals surface area contributed by atoms with Gasteiger partial charge in [-0.2, -0.15) is 0 Å². The van der Waals surface area contributed by atoms with E-state index >= 15 is 0 Å². The molecule has 4 nitrogen and oxygen atoms in total. The number of aromatic nitrogens is 2. The van der Waals surface area contributed by atoms with E-state index in [1.54, 1.807) is 7.11 Å². The summed E-state index contributed by atoms with van der Waals surface area (Å²) in [4.78, 5) is 4.34. The van der Waals surface area contributed by atoms with E-state index in [0.29, 0.717) is 6.61 Å². The van der Waals surface area contributed by atoms with Gasteiger partial charge in [-0.05, 0) is 12.5 Å². The largest absolute Gasteiger partial charge is 0.380 e. The van der Waals surface area contributed by atoms with Crippen molar-refractivity contribution in [3.63, 3.8) is 0 Å². The molecule has 1 aromatic carbocycles. The number of imidazole rings is 1. The Kier molecular flexibility index (Phi) is 4.36. The molecule has 0 bridgehead atoms. The van der Waals surface area contributed by atoms with Crippen LogP contribution in [0.5, 0.6) is 0 Å². The molecule has 0 radical (unpaired) electrons. The van der Waals surface area contributed by atoms with Crippen LogP contribution >= 0.6 is 0 Å². The predicted molar refractivity (Wildman–Crippen MR) is 73.1 cm³/mol. The van der Waals surface area contributed by atoms with Crippen LogP contribution in [0.1, 0.15) is 18.9 Å². The first kappa shape index (κ1) is 12.6. The Morgan fingerprint density at radius 2 is 2.17 bits per heavy atom. The van der Waals surface area contributed by atoms with Crippen molar-refractivity contribution >= 4 is 5.95 Å². The van der Waals surface area contributed by atoms with E-state index in [2.05, 4.69) is 33.9 Å². The maximum absolute atomic E-state index is 5.23. The molecule has 0 aliphatic carbocycles. The van der Waals surface area contributed by atoms with Crippen LogP contribution in [0.3, 0.4) is 0 Å². The van der Waals surface area contributed by atoms with Gasteiger partial charge in [-0.15, -0.1) is 0 Å². The van der Waals surface area contributed by atoms with Crippen molar-refractivity contribution < 1.29 is 4.74 Å². The topological polar surface area (TPSA) is 39.1 Å². The van der Waals surface area contributed by atoms with Crippen molar-refractivity contribution in [2.75, 3.05) is 19.0 Å². The Labute approximate surface area is 108 Å². The Morgan fingerprint density at radius 3 is 2.94 bits per heavy atom. The van der Waals surface area contributed by atoms with Crippen LogP contribution < -0.4 is 5.32 Å². The lowest BCUT2D eigenvalue weighted by Crippen LogP contribution is -2.08. The van der Waals surface area contributed by atoms with Crippen molar-refractivity contribution in [2.45, 2.75) is 20.0 Å². The van der Waals surface area contributed by atoms with Crippen molar-refractivity contribution in [1.82, 2.24) is 9.55 Å². The molecule has 0 aliphatic heterocycles. The minimum atomic E-state index is 0.599. The molecule has 0 unspecified atom stereocenters. The Balaban J connectivity index is 2.33. The monoisotopic (exact) mass is 245 g/mol. The molecule has 0 aliphatic rings. The lowest BCUT2D eigenvalue weighted by Gasteiger charge is -2.13. The van der Waals surface area contributed by atoms with Gasteiger partial charge >= 0.3 is 0 Å². The van der Waals surface area contributed by atoms with Gasteiger partial charge in [0.2, 0.25) is 5.95 Å². The number of methoxy groups -OCH3 is 1. The summed E-state index contributed by atoms with van der Waals surface area (Å²) in [6.07, 6.45) is 4.85. The number of hydrogen-bond donors (Lipinski definition) is 1. The fourth-order valence-electron chi connectivity index (χ4n) is 1.89. The third-order valence-corrected chi connectivity index (χ3v) is 2.72. The molecule has 0 fully saturated rings. The highest BCUT2D eigenvalue weighted by molar-refractivity contribution is 5.47. The molecule has 0 spiro atoms. The smallest absolute Gasteiger partial charge is 0.207 e. The van der Waals surface area contributed by atoms with Crippen LogP contribution in [0.2, 0.25) is 0 Å². The van der Waals surface area contributed by atoms with E-state index in [4.69, 9.17) is 4.74 Å². The van der Waals surface area contributed by atoms with E-state index in [1.165, 1.54) is 0 Å². The highest BCUT2D eigenvalue weighted by atomic mass is 16.5. The van der Waals surface area contributed by atoms with Gasteiger partial charge < -0.3 is 10.1 Å². The molecular formula is C14H19N3O. The quantitative estimate of drug-likeness (QED) is 0.850. The second kappa shape index (κ2) is 6.21. The van der Waals surface area contributed by atoms with Gasteiger partial charge in [-0.3, -0.25) is 4.57 Å². The minimum absolute atomic E-state index is 0.599. The Hall–Kier alpha value is -1.81. The van der Waals surface area contributed by atoms with Gasteiger partial charge in [0.05, 0.1) is 12.3 Å². The zero-order valence-electron chi connectivity index (χ0n) is 10.9. The number of hydrogen-bond acceptors (Lipinski definition) is 3. The highest BCUT2D eigenvalue weighted by Crippen LogP contribution is 2.19. The average Bonchev–Trinajstić information content (AvgIpc) is 2.85. The molecule has 0 saturated carbocycles. The number of para-hydroxylation sites is 1. The first-order valence-corrected chi connectivity index (χ1v) is 6.21. The van der Waals surface area contributed by atoms with Crippen LogP contribution in [0, 0.1) is 0 Å². The summed E-state index contributed by atoms with van der Waals surface area (Å²) in [7, 11) is 1.71. The summed E-state index contributed by atoms with van der Waals surface area (Å²) in [5.74, 6) is 0.875. The fraction of sp³-hybridized carbons (Fsp3) is 0.357. The van der Waals surface area contributed by atoms with Crippen LogP contribution in [0.25, 0.3) is 5.69 Å². The summed E-state index contributed by atoms with van der Waals surface area (Å²) >= 11 is 0. The van der Waals surface area contributed by atoms with Gasteiger partial charge in [-0.25, -0.2) is 4.98 Å². The average molecular weight is 245 g/mol. The third-order valence-electron chi connectivity index (χ3n) is 2.72. The zero-order valence-corrected chi connectivity index (χ0v) is 10.9. The number of nitrogens with zero attached hydrogens (tertiary/aromatic N) is 2. The lowest BCUT2D eigenvalue weighted by atomic mass is 10.2. The van der Waals surface area contributed by atoms with Gasteiger partial charge in [0.1, 0.15) is 0 Å². The summed E-state index contributed by atoms with van der Waals surface area (Å²) in [6.45, 7) is 3.66. The van der Waals surface area contributed by atoms with E-state index < -0.39 is 0 Å². The molecule has 0 atom stereocenters. The van der Waals surface area contributed by atoms with Gasteiger partial charge in [-0.1, -0.05) is 25.1 Å². The maximum Gasteiger partial charge on any atom is 0.207 e. The molecule has 18 heavy (non-hydrogen) atoms. The highest BCUT2D eigenvalue weighted by Gasteiger charge is 2.08. The van der Waals surface area contributed by atoms with Crippen molar-refractivity contribution in [1.29, 1.82) is 0 Å². The number of anilines is 1. The summed E-state index contributed by atoms with van der Waals surface area (Å²) in [6, 6.07) is 8.20. The van der Waals surface area contributed by atoms with E-state index in [0.717, 1.165) is 30.2 Å². The molecule has 0 amide bonds. The zero-order chi connectivity index (χ0) is 12.8. The standard InChI is InChI=1S/C14H19N3O/c1-3-8-15-14-16-9-10-17(14)13-7-5-4-6-12(13)11-18-2/h4-7,9-10H,3,8,11H2,1-2H3,(H,15,16). The lowest BCUT2D eigenvalue weighted by molar-refractivity contribution is 0.185. The van der Waals surface area contributed by atoms with Crippen LogP contribution in [0.15, 0.2) is 36.7 Å². The van der Waals surface area contributed by atoms with Crippen molar-refractivity contribution in [3.8, 4) is 5.69 Å². The second-order valence-corrected chi connectivity index (χ2v) is 4.11. The molecule has 1 N–H and O–H groups in total. The van der Waals surface area contributed by atoms with E-state index in [1.807, 2.05) is 24.5 Å². The molecule has 2 rings (SSSR count). The summed E-state index contributed by atoms with van der Waals surface area (Å²) < 4.78 is 7.29. The van der Waals surface area contributed by atoms with Crippen molar-refractivity contribution in [3.05, 3.63) is 42.2 Å². The molecule has 96 valence electrons. The van der Waals surface area contributed by atoms with E-state index in [-0.39, 0.29) is 0 Å². The first-order valence-electron chi connectivity index (χ1n) is 6.21. The summed E-state index contributed by atoms with van der Waals surface area (Å²) in [5, 5.41) is 3.32. The number of ether oxygens (including phenoxy) is 1. The minimum Gasteiger partial charge on any atom is -0.380 e. The fourth-order valence-corrected chi connectivity index (χ4v) is 1.89. The second-order valence-electron chi connectivity index (χ2n) is 4.11. The first-order chi connectivity index (χ1) is 8.86. The van der Waals surface area contributed by atoms with Gasteiger partial charge in [0.25, 0.3) is 0 Å². The third kappa shape index (κ3) is 2.71. The van der Waals surface area contributed by atoms with Crippen molar-refractivity contribution in [2.24, 2.45) is 0 Å². The molecule has 1 heterocycles. The maximum atomic E-state index is 5.23. The SMILES string of the molecule is CCCNc1nccn1-c1ccccc1COC. The predicted octanol–water partition coefficient (Wildman–Crippen LogP) is 2.84. The Morgan fingerprint density at radius 1 is 1.33 bits per heavy atom. The molecule has 2 aromatic rings. The number of rotatable bonds is 6. The van der Waals surface area contributed by atoms with Crippen LogP contribution in [-0.4, -0.2) is 23.2 Å². The molecular weight excluding hydrogens is 226 g/mol. The number of benzene rings is 1. The van der Waals surface area contributed by atoms with Crippen LogP contribution in [-0.2, 0) is 11.3 Å². The number of nitrogens with one attached hydrogen (secondary N) is 1. The van der Waals surface area contributed by atoms with Crippen LogP contribution in [0.4, 0.5) is 5.95 Å². The normalized spacial score (nSPS) is 10.6.